The zero-order chi connectivity index (χ0) is 19.1. The molecule has 0 radical (unpaired) electrons. The van der Waals surface area contributed by atoms with Gasteiger partial charge in [0.25, 0.3) is 11.8 Å². The topological polar surface area (TPSA) is 79.5 Å². The monoisotopic (exact) mass is 455 g/mol. The number of thiocarbonyl (C=S) groups is 1. The van der Waals surface area contributed by atoms with E-state index in [1.54, 1.807) is 30.3 Å². The molecule has 0 aliphatic carbocycles. The Hall–Kier alpha value is -2.16. The Bertz CT molecular complexity index is 831. The second kappa shape index (κ2) is 9.51. The minimum absolute atomic E-state index is 0.0547. The van der Waals surface area contributed by atoms with Gasteiger partial charge in [-0.25, -0.2) is 0 Å². The van der Waals surface area contributed by atoms with E-state index in [2.05, 4.69) is 32.1 Å². The van der Waals surface area contributed by atoms with E-state index >= 15 is 0 Å². The number of aryl methyl sites for hydroxylation is 1. The fraction of sp³-hybridized carbons (Fsp3) is 0.118. The van der Waals surface area contributed by atoms with E-state index in [4.69, 9.17) is 28.6 Å². The molecule has 0 aliphatic rings. The first-order chi connectivity index (χ1) is 12.3. The van der Waals surface area contributed by atoms with Crippen LogP contribution in [0.4, 0.5) is 0 Å². The highest BCUT2D eigenvalue weighted by molar-refractivity contribution is 9.10. The lowest BCUT2D eigenvalue weighted by Crippen LogP contribution is -2.49. The minimum Gasteiger partial charge on any atom is -0.482 e. The van der Waals surface area contributed by atoms with Crippen molar-refractivity contribution in [3.63, 3.8) is 0 Å². The van der Waals surface area contributed by atoms with Crippen LogP contribution >= 0.6 is 39.7 Å². The summed E-state index contributed by atoms with van der Waals surface area (Å²) in [5.41, 5.74) is 6.36. The fourth-order valence-corrected chi connectivity index (χ4v) is 2.71. The molecule has 0 fully saturated rings. The highest BCUT2D eigenvalue weighted by atomic mass is 79.9. The molecule has 9 heteroatoms. The average molecular weight is 457 g/mol. The second-order valence-electron chi connectivity index (χ2n) is 5.19. The summed E-state index contributed by atoms with van der Waals surface area (Å²) in [6.45, 7) is 1.64. The molecule has 0 aromatic heterocycles. The fourth-order valence-electron chi connectivity index (χ4n) is 1.82. The number of nitrogens with one attached hydrogen (secondary N) is 3. The molecule has 0 saturated heterocycles. The molecule has 0 unspecified atom stereocenters. The van der Waals surface area contributed by atoms with Gasteiger partial charge in [-0.3, -0.25) is 25.8 Å². The van der Waals surface area contributed by atoms with Crippen molar-refractivity contribution in [1.29, 1.82) is 0 Å². The first-order valence-electron chi connectivity index (χ1n) is 7.40. The van der Waals surface area contributed by atoms with Gasteiger partial charge in [-0.05, 0) is 49.5 Å². The molecule has 136 valence electrons. The molecule has 6 nitrogen and oxygen atoms in total. The molecule has 2 amide bonds. The third-order valence-corrected chi connectivity index (χ3v) is 4.10. The van der Waals surface area contributed by atoms with E-state index in [0.29, 0.717) is 16.3 Å². The summed E-state index contributed by atoms with van der Waals surface area (Å²) in [6, 6.07) is 12.0. The average Bonchev–Trinajstić information content (AvgIpc) is 2.59. The van der Waals surface area contributed by atoms with E-state index in [1.807, 2.05) is 19.1 Å². The van der Waals surface area contributed by atoms with Gasteiger partial charge in [0, 0.05) is 10.0 Å². The molecule has 2 rings (SSSR count). The Balaban J connectivity index is 1.75. The van der Waals surface area contributed by atoms with Gasteiger partial charge in [0.2, 0.25) is 0 Å². The molecule has 0 heterocycles. The smallest absolute Gasteiger partial charge is 0.269 e. The summed E-state index contributed by atoms with van der Waals surface area (Å²) in [5.74, 6) is -0.498. The number of amides is 2. The van der Waals surface area contributed by atoms with Crippen LogP contribution in [0.2, 0.25) is 5.02 Å². The number of benzene rings is 2. The summed E-state index contributed by atoms with van der Waals surface area (Å²) >= 11 is 14.2. The summed E-state index contributed by atoms with van der Waals surface area (Å²) < 4.78 is 6.12. The Labute approximate surface area is 169 Å². The SMILES string of the molecule is Cc1ccc(C(=O)NNC(=S)NC(=O)COc2ccc(Br)cc2Cl)cc1. The van der Waals surface area contributed by atoms with Crippen LogP contribution in [0.15, 0.2) is 46.9 Å². The largest absolute Gasteiger partial charge is 0.482 e. The number of hydrogen-bond donors (Lipinski definition) is 3. The van der Waals surface area contributed by atoms with Crippen LogP contribution in [-0.2, 0) is 4.79 Å². The summed E-state index contributed by atoms with van der Waals surface area (Å²) in [4.78, 5) is 23.8. The normalized spacial score (nSPS) is 9.96. The van der Waals surface area contributed by atoms with Gasteiger partial charge in [-0.15, -0.1) is 0 Å². The first-order valence-corrected chi connectivity index (χ1v) is 8.98. The van der Waals surface area contributed by atoms with Gasteiger partial charge in [-0.2, -0.15) is 0 Å². The lowest BCUT2D eigenvalue weighted by molar-refractivity contribution is -0.121. The molecule has 2 aromatic rings. The number of ether oxygens (including phenoxy) is 1. The number of hydrogen-bond acceptors (Lipinski definition) is 4. The highest BCUT2D eigenvalue weighted by Crippen LogP contribution is 2.27. The number of halogens is 2. The number of hydrazine groups is 1. The van der Waals surface area contributed by atoms with E-state index in [0.717, 1.165) is 10.0 Å². The predicted octanol–water partition coefficient (Wildman–Crippen LogP) is 3.13. The van der Waals surface area contributed by atoms with E-state index in [-0.39, 0.29) is 17.6 Å². The molecule has 26 heavy (non-hydrogen) atoms. The van der Waals surface area contributed by atoms with Gasteiger partial charge in [0.05, 0.1) is 5.02 Å². The maximum Gasteiger partial charge on any atom is 0.269 e. The summed E-state index contributed by atoms with van der Waals surface area (Å²) in [5, 5.41) is 2.70. The number of carbonyl (C=O) groups is 2. The highest BCUT2D eigenvalue weighted by Gasteiger charge is 2.09. The molecule has 0 aliphatic heterocycles. The predicted molar refractivity (Wildman–Crippen MR) is 107 cm³/mol. The molecule has 2 aromatic carbocycles. The maximum atomic E-state index is 11.9. The van der Waals surface area contributed by atoms with Crippen LogP contribution in [0.5, 0.6) is 5.75 Å². The van der Waals surface area contributed by atoms with Crippen LogP contribution in [0, 0.1) is 6.92 Å². The Morgan fingerprint density at radius 1 is 1.15 bits per heavy atom. The summed E-state index contributed by atoms with van der Waals surface area (Å²) in [6.07, 6.45) is 0. The molecule has 3 N–H and O–H groups in total. The van der Waals surface area contributed by atoms with Crippen LogP contribution in [0.25, 0.3) is 0 Å². The molecular formula is C17H15BrClN3O3S. The van der Waals surface area contributed by atoms with E-state index in [9.17, 15) is 9.59 Å². The second-order valence-corrected chi connectivity index (χ2v) is 6.92. The van der Waals surface area contributed by atoms with E-state index in [1.165, 1.54) is 0 Å². The Kier molecular flexibility index (Phi) is 7.38. The zero-order valence-corrected chi connectivity index (χ0v) is 16.8. The van der Waals surface area contributed by atoms with Gasteiger partial charge in [-0.1, -0.05) is 45.2 Å². The van der Waals surface area contributed by atoms with Gasteiger partial charge in [0.15, 0.2) is 11.7 Å². The van der Waals surface area contributed by atoms with Crippen molar-refractivity contribution in [2.24, 2.45) is 0 Å². The number of carbonyl (C=O) groups excluding carboxylic acids is 2. The van der Waals surface area contributed by atoms with Gasteiger partial charge < -0.3 is 4.74 Å². The maximum absolute atomic E-state index is 11.9. The van der Waals surface area contributed by atoms with Crippen molar-refractivity contribution in [1.82, 2.24) is 16.2 Å². The Morgan fingerprint density at radius 2 is 1.85 bits per heavy atom. The molecular weight excluding hydrogens is 442 g/mol. The molecule has 0 atom stereocenters. The third-order valence-electron chi connectivity index (χ3n) is 3.11. The van der Waals surface area contributed by atoms with Crippen molar-refractivity contribution in [2.45, 2.75) is 6.92 Å². The van der Waals surface area contributed by atoms with Crippen molar-refractivity contribution in [3.05, 3.63) is 63.1 Å². The molecule has 0 saturated carbocycles. The molecule has 0 spiro atoms. The van der Waals surface area contributed by atoms with Crippen LogP contribution in [0.1, 0.15) is 15.9 Å². The standard InChI is InChI=1S/C17H15BrClN3O3S/c1-10-2-4-11(5-3-10)16(24)21-22-17(26)20-15(23)9-25-14-7-6-12(18)8-13(14)19/h2-8H,9H2,1H3,(H,21,24)(H2,20,22,23,26). The van der Waals surface area contributed by atoms with Crippen molar-refractivity contribution in [3.8, 4) is 5.75 Å². The van der Waals surface area contributed by atoms with Gasteiger partial charge >= 0.3 is 0 Å². The van der Waals surface area contributed by atoms with Crippen molar-refractivity contribution >= 4 is 56.7 Å². The van der Waals surface area contributed by atoms with Crippen molar-refractivity contribution in [2.75, 3.05) is 6.61 Å². The minimum atomic E-state index is -0.494. The first kappa shape index (κ1) is 20.2. The van der Waals surface area contributed by atoms with Crippen LogP contribution < -0.4 is 20.9 Å². The zero-order valence-electron chi connectivity index (χ0n) is 13.6. The van der Waals surface area contributed by atoms with E-state index < -0.39 is 5.91 Å². The lowest BCUT2D eigenvalue weighted by atomic mass is 10.1. The molecule has 0 bridgehead atoms. The Morgan fingerprint density at radius 3 is 2.50 bits per heavy atom. The number of rotatable bonds is 4. The lowest BCUT2D eigenvalue weighted by Gasteiger charge is -2.12. The van der Waals surface area contributed by atoms with Crippen LogP contribution in [-0.4, -0.2) is 23.5 Å². The quantitative estimate of drug-likeness (QED) is 0.487. The third kappa shape index (κ3) is 6.29. The van der Waals surface area contributed by atoms with Crippen molar-refractivity contribution < 1.29 is 14.3 Å². The van der Waals surface area contributed by atoms with Gasteiger partial charge in [0.1, 0.15) is 5.75 Å². The summed E-state index contributed by atoms with van der Waals surface area (Å²) in [7, 11) is 0. The van der Waals surface area contributed by atoms with Crippen LogP contribution in [0.3, 0.4) is 0 Å².